The Labute approximate surface area is 139 Å². The zero-order valence-electron chi connectivity index (χ0n) is 13.3. The number of aryl methyl sites for hydroxylation is 1. The molecular weight excluding hydrogens is 306 g/mol. The van der Waals surface area contributed by atoms with E-state index in [-0.39, 0.29) is 31.3 Å². The molecule has 122 valence electrons. The summed E-state index contributed by atoms with van der Waals surface area (Å²) in [7, 11) is 0. The predicted molar refractivity (Wildman–Crippen MR) is 88.5 cm³/mol. The van der Waals surface area contributed by atoms with Gasteiger partial charge in [0, 0.05) is 12.8 Å². The van der Waals surface area contributed by atoms with Gasteiger partial charge in [0.15, 0.2) is 0 Å². The van der Waals surface area contributed by atoms with Crippen molar-refractivity contribution in [3.8, 4) is 0 Å². The number of hydrogen-bond donors (Lipinski definition) is 0. The van der Waals surface area contributed by atoms with Crippen LogP contribution in [0.15, 0.2) is 48.5 Å². The largest absolute Gasteiger partial charge is 0.457 e. The molecule has 0 aliphatic carbocycles. The standard InChI is InChI=1S/C19H17NO4/c1-13-4-2-3-5-15(13)12-24-19(23)14-6-8-16(9-7-14)20-17(21)10-11-18(20)22/h2-9H,10-12H2,1H3. The number of ether oxygens (including phenoxy) is 1. The van der Waals surface area contributed by atoms with Crippen LogP contribution in [-0.4, -0.2) is 17.8 Å². The number of amides is 2. The minimum atomic E-state index is -0.441. The lowest BCUT2D eigenvalue weighted by atomic mass is 10.1. The van der Waals surface area contributed by atoms with Crippen molar-refractivity contribution >= 4 is 23.5 Å². The fraction of sp³-hybridized carbons (Fsp3) is 0.211. The summed E-state index contributed by atoms with van der Waals surface area (Å²) in [5.74, 6) is -0.867. The highest BCUT2D eigenvalue weighted by Gasteiger charge is 2.30. The summed E-state index contributed by atoms with van der Waals surface area (Å²) in [5, 5.41) is 0. The highest BCUT2D eigenvalue weighted by atomic mass is 16.5. The van der Waals surface area contributed by atoms with Gasteiger partial charge in [-0.2, -0.15) is 0 Å². The summed E-state index contributed by atoms with van der Waals surface area (Å²) in [6, 6.07) is 14.0. The Bertz CT molecular complexity index is 779. The molecule has 1 aliphatic rings. The summed E-state index contributed by atoms with van der Waals surface area (Å²) >= 11 is 0. The van der Waals surface area contributed by atoms with Gasteiger partial charge in [-0.3, -0.25) is 14.5 Å². The van der Waals surface area contributed by atoms with Gasteiger partial charge in [0.1, 0.15) is 6.61 Å². The first-order valence-corrected chi connectivity index (χ1v) is 7.74. The zero-order chi connectivity index (χ0) is 17.1. The molecule has 1 heterocycles. The Morgan fingerprint density at radius 1 is 1.00 bits per heavy atom. The lowest BCUT2D eigenvalue weighted by molar-refractivity contribution is -0.121. The summed E-state index contributed by atoms with van der Waals surface area (Å²) in [5.41, 5.74) is 2.88. The average molecular weight is 323 g/mol. The van der Waals surface area contributed by atoms with Gasteiger partial charge in [0.25, 0.3) is 0 Å². The maximum atomic E-state index is 12.1. The first-order valence-electron chi connectivity index (χ1n) is 7.74. The number of esters is 1. The number of nitrogens with zero attached hydrogens (tertiary/aromatic N) is 1. The maximum Gasteiger partial charge on any atom is 0.338 e. The van der Waals surface area contributed by atoms with E-state index in [4.69, 9.17) is 4.74 Å². The second-order valence-corrected chi connectivity index (χ2v) is 5.67. The van der Waals surface area contributed by atoms with Gasteiger partial charge in [0.2, 0.25) is 11.8 Å². The summed E-state index contributed by atoms with van der Waals surface area (Å²) in [6.07, 6.45) is 0.470. The van der Waals surface area contributed by atoms with Gasteiger partial charge in [-0.25, -0.2) is 4.79 Å². The highest BCUT2D eigenvalue weighted by molar-refractivity contribution is 6.19. The lowest BCUT2D eigenvalue weighted by Crippen LogP contribution is -2.28. The van der Waals surface area contributed by atoms with Crippen LogP contribution in [0.25, 0.3) is 0 Å². The van der Waals surface area contributed by atoms with Crippen LogP contribution in [-0.2, 0) is 20.9 Å². The Morgan fingerprint density at radius 2 is 1.62 bits per heavy atom. The van der Waals surface area contributed by atoms with Crippen molar-refractivity contribution in [1.29, 1.82) is 0 Å². The number of rotatable bonds is 4. The van der Waals surface area contributed by atoms with Crippen molar-refractivity contribution in [2.24, 2.45) is 0 Å². The summed E-state index contributed by atoms with van der Waals surface area (Å²) in [4.78, 5) is 36.7. The summed E-state index contributed by atoms with van der Waals surface area (Å²) in [6.45, 7) is 2.17. The Kier molecular flexibility index (Phi) is 4.42. The predicted octanol–water partition coefficient (Wildman–Crippen LogP) is 3.01. The zero-order valence-corrected chi connectivity index (χ0v) is 13.3. The normalized spacial score (nSPS) is 14.1. The van der Waals surface area contributed by atoms with Crippen molar-refractivity contribution in [2.75, 3.05) is 4.90 Å². The van der Waals surface area contributed by atoms with Crippen LogP contribution < -0.4 is 4.90 Å². The first kappa shape index (κ1) is 15.9. The minimum absolute atomic E-state index is 0.205. The molecule has 0 N–H and O–H groups in total. The number of anilines is 1. The third kappa shape index (κ3) is 3.20. The van der Waals surface area contributed by atoms with Crippen molar-refractivity contribution in [3.05, 3.63) is 65.2 Å². The van der Waals surface area contributed by atoms with Crippen molar-refractivity contribution in [1.82, 2.24) is 0 Å². The fourth-order valence-corrected chi connectivity index (χ4v) is 2.61. The van der Waals surface area contributed by atoms with Crippen LogP contribution in [0, 0.1) is 6.92 Å². The van der Waals surface area contributed by atoms with E-state index in [9.17, 15) is 14.4 Å². The molecule has 2 amide bonds. The molecular formula is C19H17NO4. The third-order valence-corrected chi connectivity index (χ3v) is 4.03. The second kappa shape index (κ2) is 6.66. The van der Waals surface area contributed by atoms with Gasteiger partial charge < -0.3 is 4.74 Å². The maximum absolute atomic E-state index is 12.1. The summed E-state index contributed by atoms with van der Waals surface area (Å²) < 4.78 is 5.32. The molecule has 5 heteroatoms. The quantitative estimate of drug-likeness (QED) is 0.641. The molecule has 24 heavy (non-hydrogen) atoms. The fourth-order valence-electron chi connectivity index (χ4n) is 2.61. The Balaban J connectivity index is 1.67. The van der Waals surface area contributed by atoms with Crippen LogP contribution in [0.4, 0.5) is 5.69 Å². The van der Waals surface area contributed by atoms with Gasteiger partial charge >= 0.3 is 5.97 Å². The molecule has 2 aromatic carbocycles. The molecule has 0 aromatic heterocycles. The van der Waals surface area contributed by atoms with Gasteiger partial charge in [-0.15, -0.1) is 0 Å². The van der Waals surface area contributed by atoms with Crippen LogP contribution in [0.3, 0.4) is 0 Å². The highest BCUT2D eigenvalue weighted by Crippen LogP contribution is 2.23. The molecule has 0 radical (unpaired) electrons. The number of carbonyl (C=O) groups is 3. The monoisotopic (exact) mass is 323 g/mol. The first-order chi connectivity index (χ1) is 11.6. The van der Waals surface area contributed by atoms with E-state index in [0.29, 0.717) is 11.3 Å². The van der Waals surface area contributed by atoms with Crippen LogP contribution in [0.5, 0.6) is 0 Å². The van der Waals surface area contributed by atoms with Crippen molar-refractivity contribution in [2.45, 2.75) is 26.4 Å². The van der Waals surface area contributed by atoms with Gasteiger partial charge in [-0.1, -0.05) is 24.3 Å². The smallest absolute Gasteiger partial charge is 0.338 e. The van der Waals surface area contributed by atoms with E-state index < -0.39 is 5.97 Å². The lowest BCUT2D eigenvalue weighted by Gasteiger charge is -2.14. The van der Waals surface area contributed by atoms with E-state index in [1.165, 1.54) is 0 Å². The third-order valence-electron chi connectivity index (χ3n) is 4.03. The molecule has 0 unspecified atom stereocenters. The van der Waals surface area contributed by atoms with Gasteiger partial charge in [-0.05, 0) is 42.3 Å². The van der Waals surface area contributed by atoms with Crippen LogP contribution in [0.1, 0.15) is 34.3 Å². The molecule has 0 spiro atoms. The number of hydrogen-bond acceptors (Lipinski definition) is 4. The molecule has 5 nitrogen and oxygen atoms in total. The van der Waals surface area contributed by atoms with Crippen molar-refractivity contribution < 1.29 is 19.1 Å². The molecule has 3 rings (SSSR count). The molecule has 1 saturated heterocycles. The molecule has 1 aliphatic heterocycles. The van der Waals surface area contributed by atoms with E-state index >= 15 is 0 Å². The molecule has 2 aromatic rings. The molecule has 0 atom stereocenters. The van der Waals surface area contributed by atoms with E-state index in [0.717, 1.165) is 16.0 Å². The van der Waals surface area contributed by atoms with Crippen molar-refractivity contribution in [3.63, 3.8) is 0 Å². The van der Waals surface area contributed by atoms with E-state index in [1.807, 2.05) is 31.2 Å². The Morgan fingerprint density at radius 3 is 2.25 bits per heavy atom. The topological polar surface area (TPSA) is 63.7 Å². The number of imide groups is 1. The number of carbonyl (C=O) groups excluding carboxylic acids is 3. The Hall–Kier alpha value is -2.95. The SMILES string of the molecule is Cc1ccccc1COC(=O)c1ccc(N2C(=O)CCC2=O)cc1. The number of benzene rings is 2. The van der Waals surface area contributed by atoms with Crippen LogP contribution in [0.2, 0.25) is 0 Å². The minimum Gasteiger partial charge on any atom is -0.457 e. The second-order valence-electron chi connectivity index (χ2n) is 5.67. The van der Waals surface area contributed by atoms with Crippen LogP contribution >= 0.6 is 0 Å². The average Bonchev–Trinajstić information content (AvgIpc) is 2.93. The molecule has 1 fully saturated rings. The van der Waals surface area contributed by atoms with E-state index in [1.54, 1.807) is 24.3 Å². The molecule has 0 bridgehead atoms. The van der Waals surface area contributed by atoms with E-state index in [2.05, 4.69) is 0 Å². The van der Waals surface area contributed by atoms with Gasteiger partial charge in [0.05, 0.1) is 11.3 Å². The molecule has 0 saturated carbocycles.